The normalized spacial score (nSPS) is 25.7. The summed E-state index contributed by atoms with van der Waals surface area (Å²) in [6.45, 7) is 10.7. The molecule has 1 fully saturated rings. The van der Waals surface area contributed by atoms with Crippen LogP contribution in [0, 0.1) is 0 Å². The van der Waals surface area contributed by atoms with Crippen molar-refractivity contribution in [2.24, 2.45) is 0 Å². The minimum absolute atomic E-state index is 0.0602. The van der Waals surface area contributed by atoms with Crippen LogP contribution in [0.2, 0.25) is 18.1 Å². The third kappa shape index (κ3) is 3.82. The maximum absolute atomic E-state index is 12.0. The van der Waals surface area contributed by atoms with Crippen LogP contribution in [0.4, 0.5) is 5.82 Å². The van der Waals surface area contributed by atoms with Crippen molar-refractivity contribution in [2.45, 2.75) is 63.8 Å². The molecule has 0 bridgehead atoms. The number of rotatable bonds is 4. The van der Waals surface area contributed by atoms with Gasteiger partial charge in [-0.25, -0.2) is 4.79 Å². The molecule has 0 amide bonds. The van der Waals surface area contributed by atoms with Crippen molar-refractivity contribution in [1.82, 2.24) is 9.55 Å². The molecular formula is C15H27N3O4Si. The summed E-state index contributed by atoms with van der Waals surface area (Å²) >= 11 is 0. The van der Waals surface area contributed by atoms with E-state index in [1.54, 1.807) is 12.3 Å². The predicted molar refractivity (Wildman–Crippen MR) is 90.6 cm³/mol. The number of hydrogen-bond acceptors (Lipinski definition) is 6. The smallest absolute Gasteiger partial charge is 0.351 e. The van der Waals surface area contributed by atoms with Crippen molar-refractivity contribution in [2.75, 3.05) is 12.3 Å². The number of aromatic nitrogens is 2. The zero-order valence-corrected chi connectivity index (χ0v) is 15.4. The molecular weight excluding hydrogens is 314 g/mol. The Labute approximate surface area is 137 Å². The van der Waals surface area contributed by atoms with E-state index in [1.807, 2.05) is 0 Å². The largest absolute Gasteiger partial charge is 0.411 e. The molecule has 1 aliphatic rings. The summed E-state index contributed by atoms with van der Waals surface area (Å²) in [4.78, 5) is 15.7. The Morgan fingerprint density at radius 1 is 1.52 bits per heavy atom. The highest BCUT2D eigenvalue weighted by molar-refractivity contribution is 6.74. The van der Waals surface area contributed by atoms with Crippen LogP contribution in [-0.4, -0.2) is 41.8 Å². The Bertz CT molecular complexity index is 611. The second kappa shape index (κ2) is 6.35. The molecule has 1 aromatic heterocycles. The zero-order chi connectivity index (χ0) is 17.4. The molecule has 1 saturated heterocycles. The standard InChI is InChI=1S/C15H27N3O4Si/c1-15(2,3)23(4,5)22-10-8-13(21-11(10)9-19)18-7-6-12(16)17-14(18)20/h6-7,10-11,13,19H,8-9H2,1-5H3,(H2,16,17,20)/t10-,11+,13+/m0/s1. The summed E-state index contributed by atoms with van der Waals surface area (Å²) < 4.78 is 13.6. The number of nitrogens with zero attached hydrogens (tertiary/aromatic N) is 2. The minimum Gasteiger partial charge on any atom is -0.411 e. The van der Waals surface area contributed by atoms with E-state index in [1.165, 1.54) is 4.57 Å². The average molecular weight is 341 g/mol. The molecule has 130 valence electrons. The highest BCUT2D eigenvalue weighted by atomic mass is 28.4. The number of ether oxygens (including phenoxy) is 1. The van der Waals surface area contributed by atoms with Crippen molar-refractivity contribution in [1.29, 1.82) is 0 Å². The third-order valence-electron chi connectivity index (χ3n) is 4.77. The molecule has 1 aliphatic heterocycles. The topological polar surface area (TPSA) is 99.6 Å². The summed E-state index contributed by atoms with van der Waals surface area (Å²) in [6.07, 6.45) is 0.887. The van der Waals surface area contributed by atoms with Crippen molar-refractivity contribution in [3.05, 3.63) is 22.7 Å². The molecule has 0 radical (unpaired) electrons. The molecule has 3 atom stereocenters. The number of nitrogens with two attached hydrogens (primary N) is 1. The van der Waals surface area contributed by atoms with Gasteiger partial charge in [0.15, 0.2) is 8.32 Å². The van der Waals surface area contributed by atoms with Crippen molar-refractivity contribution >= 4 is 14.1 Å². The van der Waals surface area contributed by atoms with Crippen LogP contribution < -0.4 is 11.4 Å². The van der Waals surface area contributed by atoms with Gasteiger partial charge in [0.05, 0.1) is 12.7 Å². The predicted octanol–water partition coefficient (Wildman–Crippen LogP) is 1.50. The van der Waals surface area contributed by atoms with Crippen LogP contribution in [0.1, 0.15) is 33.4 Å². The Hall–Kier alpha value is -1.22. The molecule has 0 saturated carbocycles. The highest BCUT2D eigenvalue weighted by Gasteiger charge is 2.45. The fourth-order valence-corrected chi connectivity index (χ4v) is 3.72. The summed E-state index contributed by atoms with van der Waals surface area (Å²) in [5.41, 5.74) is 5.06. The van der Waals surface area contributed by atoms with Gasteiger partial charge in [0.1, 0.15) is 18.1 Å². The Morgan fingerprint density at radius 2 is 2.17 bits per heavy atom. The van der Waals surface area contributed by atoms with E-state index >= 15 is 0 Å². The summed E-state index contributed by atoms with van der Waals surface area (Å²) in [5.74, 6) is 0.178. The zero-order valence-electron chi connectivity index (χ0n) is 14.4. The summed E-state index contributed by atoms with van der Waals surface area (Å²) in [5, 5.41) is 9.66. The van der Waals surface area contributed by atoms with E-state index in [-0.39, 0.29) is 23.6 Å². The van der Waals surface area contributed by atoms with E-state index in [0.717, 1.165) is 0 Å². The van der Waals surface area contributed by atoms with Gasteiger partial charge in [-0.2, -0.15) is 4.98 Å². The molecule has 7 nitrogen and oxygen atoms in total. The minimum atomic E-state index is -2.00. The van der Waals surface area contributed by atoms with Crippen LogP contribution in [0.3, 0.4) is 0 Å². The van der Waals surface area contributed by atoms with Crippen LogP contribution in [0.5, 0.6) is 0 Å². The van der Waals surface area contributed by atoms with E-state index < -0.39 is 26.3 Å². The van der Waals surface area contributed by atoms with Crippen molar-refractivity contribution < 1.29 is 14.3 Å². The van der Waals surface area contributed by atoms with Crippen LogP contribution in [0.15, 0.2) is 17.1 Å². The lowest BCUT2D eigenvalue weighted by atomic mass is 10.2. The van der Waals surface area contributed by atoms with Crippen molar-refractivity contribution in [3.8, 4) is 0 Å². The average Bonchev–Trinajstić information content (AvgIpc) is 2.79. The Balaban J connectivity index is 2.19. The van der Waals surface area contributed by atoms with Crippen LogP contribution in [0.25, 0.3) is 0 Å². The molecule has 3 N–H and O–H groups in total. The van der Waals surface area contributed by atoms with Gasteiger partial charge in [0.2, 0.25) is 0 Å². The summed E-state index contributed by atoms with van der Waals surface area (Å²) in [6, 6.07) is 1.56. The lowest BCUT2D eigenvalue weighted by Crippen LogP contribution is -2.46. The second-order valence-corrected chi connectivity index (χ2v) is 12.3. The molecule has 0 spiro atoms. The van der Waals surface area contributed by atoms with E-state index in [0.29, 0.717) is 6.42 Å². The van der Waals surface area contributed by atoms with Crippen LogP contribution >= 0.6 is 0 Å². The van der Waals surface area contributed by atoms with Gasteiger partial charge in [-0.05, 0) is 24.2 Å². The first-order valence-electron chi connectivity index (χ1n) is 7.84. The first-order chi connectivity index (χ1) is 10.5. The molecule has 0 aliphatic carbocycles. The quantitative estimate of drug-likeness (QED) is 0.805. The second-order valence-electron chi connectivity index (χ2n) is 7.51. The van der Waals surface area contributed by atoms with Gasteiger partial charge in [-0.1, -0.05) is 20.8 Å². The lowest BCUT2D eigenvalue weighted by molar-refractivity contribution is -0.0438. The highest BCUT2D eigenvalue weighted by Crippen LogP contribution is 2.40. The molecule has 8 heteroatoms. The molecule has 0 aromatic carbocycles. The van der Waals surface area contributed by atoms with Crippen LogP contribution in [-0.2, 0) is 9.16 Å². The summed E-state index contributed by atoms with van der Waals surface area (Å²) in [7, 11) is -2.00. The Kier molecular flexibility index (Phi) is 5.00. The fourth-order valence-electron chi connectivity index (χ4n) is 2.36. The van der Waals surface area contributed by atoms with Gasteiger partial charge in [-0.3, -0.25) is 4.57 Å². The maximum Gasteiger partial charge on any atom is 0.351 e. The number of aliphatic hydroxyl groups is 1. The lowest BCUT2D eigenvalue weighted by Gasteiger charge is -2.39. The van der Waals surface area contributed by atoms with Gasteiger partial charge in [-0.15, -0.1) is 0 Å². The monoisotopic (exact) mass is 341 g/mol. The number of hydrogen-bond donors (Lipinski definition) is 2. The van der Waals surface area contributed by atoms with Crippen molar-refractivity contribution in [3.63, 3.8) is 0 Å². The van der Waals surface area contributed by atoms with E-state index in [2.05, 4.69) is 38.8 Å². The molecule has 2 rings (SSSR count). The number of nitrogen functional groups attached to an aromatic ring is 1. The maximum atomic E-state index is 12.0. The van der Waals surface area contributed by atoms with Gasteiger partial charge >= 0.3 is 5.69 Å². The molecule has 23 heavy (non-hydrogen) atoms. The van der Waals surface area contributed by atoms with Gasteiger partial charge < -0.3 is 20.0 Å². The number of aliphatic hydroxyl groups excluding tert-OH is 1. The fraction of sp³-hybridized carbons (Fsp3) is 0.733. The molecule has 2 heterocycles. The first-order valence-corrected chi connectivity index (χ1v) is 10.7. The molecule has 0 unspecified atom stereocenters. The Morgan fingerprint density at radius 3 is 2.70 bits per heavy atom. The first kappa shape index (κ1) is 18.1. The third-order valence-corrected chi connectivity index (χ3v) is 9.28. The SMILES string of the molecule is CC(C)(C)[Si](C)(C)O[C@H]1C[C@H](n2ccc(N)nc2=O)O[C@@H]1CO. The van der Waals surface area contributed by atoms with E-state index in [4.69, 9.17) is 14.9 Å². The van der Waals surface area contributed by atoms with E-state index in [9.17, 15) is 9.90 Å². The number of anilines is 1. The van der Waals surface area contributed by atoms with Gasteiger partial charge in [0.25, 0.3) is 0 Å². The molecule has 1 aromatic rings. The van der Waals surface area contributed by atoms with Gasteiger partial charge in [0, 0.05) is 12.6 Å².